The number of rotatable bonds is 3. The number of benzene rings is 1. The molecule has 0 bridgehead atoms. The summed E-state index contributed by atoms with van der Waals surface area (Å²) < 4.78 is 1.13. The first-order valence-electron chi connectivity index (χ1n) is 6.27. The summed E-state index contributed by atoms with van der Waals surface area (Å²) in [6.45, 7) is 0. The molecule has 1 nitrogen and oxygen atoms in total. The molecule has 1 aromatic rings. The van der Waals surface area contributed by atoms with Crippen LogP contribution in [0.2, 0.25) is 0 Å². The Morgan fingerprint density at radius 1 is 1.12 bits per heavy atom. The lowest BCUT2D eigenvalue weighted by Crippen LogP contribution is -2.17. The van der Waals surface area contributed by atoms with Crippen LogP contribution in [0.3, 0.4) is 0 Å². The molecule has 1 aromatic carbocycles. The van der Waals surface area contributed by atoms with E-state index in [0.29, 0.717) is 0 Å². The van der Waals surface area contributed by atoms with Gasteiger partial charge in [0.2, 0.25) is 0 Å². The lowest BCUT2D eigenvalue weighted by Gasteiger charge is -2.24. The van der Waals surface area contributed by atoms with Crippen LogP contribution in [0, 0.1) is 5.92 Å². The van der Waals surface area contributed by atoms with E-state index in [1.807, 2.05) is 0 Å². The molecule has 1 saturated carbocycles. The highest BCUT2D eigenvalue weighted by Crippen LogP contribution is 2.31. The van der Waals surface area contributed by atoms with Crippen molar-refractivity contribution in [2.75, 3.05) is 0 Å². The Morgan fingerprint density at radius 3 is 2.38 bits per heavy atom. The van der Waals surface area contributed by atoms with Crippen molar-refractivity contribution in [2.45, 2.75) is 44.6 Å². The van der Waals surface area contributed by atoms with Gasteiger partial charge in [0, 0.05) is 10.5 Å². The second kappa shape index (κ2) is 5.83. The molecule has 16 heavy (non-hydrogen) atoms. The summed E-state index contributed by atoms with van der Waals surface area (Å²) in [5, 5.41) is 0. The summed E-state index contributed by atoms with van der Waals surface area (Å²) in [7, 11) is 0. The minimum Gasteiger partial charge on any atom is -0.324 e. The third kappa shape index (κ3) is 3.33. The van der Waals surface area contributed by atoms with Crippen LogP contribution in [0.4, 0.5) is 0 Å². The maximum Gasteiger partial charge on any atom is 0.0297 e. The van der Waals surface area contributed by atoms with E-state index in [2.05, 4.69) is 40.2 Å². The maximum atomic E-state index is 6.26. The zero-order chi connectivity index (χ0) is 11.4. The number of nitrogens with two attached hydrogens (primary N) is 1. The van der Waals surface area contributed by atoms with Crippen molar-refractivity contribution in [1.82, 2.24) is 0 Å². The van der Waals surface area contributed by atoms with Gasteiger partial charge in [-0.15, -0.1) is 0 Å². The Balaban J connectivity index is 1.91. The summed E-state index contributed by atoms with van der Waals surface area (Å²) in [5.74, 6) is 0.854. The fourth-order valence-electron chi connectivity index (χ4n) is 2.63. The van der Waals surface area contributed by atoms with Crippen molar-refractivity contribution in [3.63, 3.8) is 0 Å². The van der Waals surface area contributed by atoms with E-state index in [1.165, 1.54) is 37.7 Å². The van der Waals surface area contributed by atoms with Crippen LogP contribution in [-0.4, -0.2) is 0 Å². The van der Waals surface area contributed by atoms with Crippen molar-refractivity contribution >= 4 is 15.9 Å². The first kappa shape index (κ1) is 12.1. The van der Waals surface area contributed by atoms with Crippen LogP contribution in [0.25, 0.3) is 0 Å². The Bertz CT molecular complexity index is 314. The molecule has 0 saturated heterocycles. The molecule has 0 amide bonds. The quantitative estimate of drug-likeness (QED) is 0.872. The first-order valence-corrected chi connectivity index (χ1v) is 7.06. The van der Waals surface area contributed by atoms with Crippen molar-refractivity contribution < 1.29 is 0 Å². The lowest BCUT2D eigenvalue weighted by atomic mass is 9.83. The summed E-state index contributed by atoms with van der Waals surface area (Å²) in [4.78, 5) is 0. The minimum atomic E-state index is 0.219. The topological polar surface area (TPSA) is 26.0 Å². The minimum absolute atomic E-state index is 0.219. The molecule has 1 atom stereocenters. The average Bonchev–Trinajstić information content (AvgIpc) is 2.31. The molecule has 0 spiro atoms. The van der Waals surface area contributed by atoms with E-state index in [1.54, 1.807) is 0 Å². The van der Waals surface area contributed by atoms with Crippen molar-refractivity contribution in [3.8, 4) is 0 Å². The van der Waals surface area contributed by atoms with E-state index in [0.717, 1.165) is 16.8 Å². The van der Waals surface area contributed by atoms with E-state index < -0.39 is 0 Å². The van der Waals surface area contributed by atoms with Gasteiger partial charge < -0.3 is 5.73 Å². The second-order valence-corrected chi connectivity index (χ2v) is 5.81. The third-order valence-corrected chi connectivity index (χ3v) is 4.14. The fourth-order valence-corrected chi connectivity index (χ4v) is 2.89. The average molecular weight is 282 g/mol. The van der Waals surface area contributed by atoms with Crippen LogP contribution >= 0.6 is 15.9 Å². The molecule has 2 rings (SSSR count). The van der Waals surface area contributed by atoms with Crippen molar-refractivity contribution in [2.24, 2.45) is 11.7 Å². The zero-order valence-corrected chi connectivity index (χ0v) is 11.2. The highest BCUT2D eigenvalue weighted by Gasteiger charge is 2.17. The Kier molecular flexibility index (Phi) is 4.42. The van der Waals surface area contributed by atoms with Gasteiger partial charge in [0.1, 0.15) is 0 Å². The predicted molar refractivity (Wildman–Crippen MR) is 72.3 cm³/mol. The first-order chi connectivity index (χ1) is 7.75. The van der Waals surface area contributed by atoms with E-state index >= 15 is 0 Å². The summed E-state index contributed by atoms with van der Waals surface area (Å²) in [6.07, 6.45) is 8.13. The van der Waals surface area contributed by atoms with Crippen LogP contribution < -0.4 is 5.73 Å². The number of hydrogen-bond acceptors (Lipinski definition) is 1. The van der Waals surface area contributed by atoms with Gasteiger partial charge >= 0.3 is 0 Å². The summed E-state index contributed by atoms with van der Waals surface area (Å²) in [5.41, 5.74) is 7.53. The van der Waals surface area contributed by atoms with Gasteiger partial charge in [-0.1, -0.05) is 60.2 Å². The molecule has 0 aromatic heterocycles. The van der Waals surface area contributed by atoms with Gasteiger partial charge in [0.25, 0.3) is 0 Å². The van der Waals surface area contributed by atoms with Gasteiger partial charge in [-0.25, -0.2) is 0 Å². The molecule has 1 aliphatic carbocycles. The highest BCUT2D eigenvalue weighted by atomic mass is 79.9. The molecular weight excluding hydrogens is 262 g/mol. The van der Waals surface area contributed by atoms with Gasteiger partial charge in [-0.3, -0.25) is 0 Å². The zero-order valence-electron chi connectivity index (χ0n) is 9.66. The smallest absolute Gasteiger partial charge is 0.0297 e. The Hall–Kier alpha value is -0.340. The molecule has 0 radical (unpaired) electrons. The van der Waals surface area contributed by atoms with Crippen LogP contribution in [0.5, 0.6) is 0 Å². The SMILES string of the molecule is NC(CC1CCCCC1)c1ccc(Br)cc1. The fraction of sp³-hybridized carbons (Fsp3) is 0.571. The molecule has 2 heteroatoms. The molecule has 2 N–H and O–H groups in total. The molecule has 1 unspecified atom stereocenters. The molecule has 1 fully saturated rings. The highest BCUT2D eigenvalue weighted by molar-refractivity contribution is 9.10. The third-order valence-electron chi connectivity index (χ3n) is 3.61. The van der Waals surface area contributed by atoms with Crippen molar-refractivity contribution in [1.29, 1.82) is 0 Å². The Labute approximate surface area is 107 Å². The van der Waals surface area contributed by atoms with E-state index in [9.17, 15) is 0 Å². The van der Waals surface area contributed by atoms with E-state index in [4.69, 9.17) is 5.73 Å². The standard InChI is InChI=1S/C14H20BrN/c15-13-8-6-12(7-9-13)14(16)10-11-4-2-1-3-5-11/h6-9,11,14H,1-5,10,16H2. The predicted octanol–water partition coefficient (Wildman–Crippen LogP) is 4.42. The molecular formula is C14H20BrN. The van der Waals surface area contributed by atoms with Crippen LogP contribution in [0.15, 0.2) is 28.7 Å². The lowest BCUT2D eigenvalue weighted by molar-refractivity contribution is 0.319. The normalized spacial score (nSPS) is 19.6. The number of halogens is 1. The molecule has 0 heterocycles. The summed E-state index contributed by atoms with van der Waals surface area (Å²) in [6, 6.07) is 8.65. The molecule has 0 aliphatic heterocycles. The monoisotopic (exact) mass is 281 g/mol. The largest absolute Gasteiger partial charge is 0.324 e. The summed E-state index contributed by atoms with van der Waals surface area (Å²) >= 11 is 3.45. The maximum absolute atomic E-state index is 6.26. The molecule has 1 aliphatic rings. The van der Waals surface area contributed by atoms with Gasteiger partial charge in [-0.2, -0.15) is 0 Å². The van der Waals surface area contributed by atoms with Crippen LogP contribution in [-0.2, 0) is 0 Å². The van der Waals surface area contributed by atoms with Crippen LogP contribution in [0.1, 0.15) is 50.1 Å². The van der Waals surface area contributed by atoms with Crippen molar-refractivity contribution in [3.05, 3.63) is 34.3 Å². The van der Waals surface area contributed by atoms with Gasteiger partial charge in [-0.05, 0) is 30.0 Å². The van der Waals surface area contributed by atoms with Gasteiger partial charge in [0.15, 0.2) is 0 Å². The van der Waals surface area contributed by atoms with Gasteiger partial charge in [0.05, 0.1) is 0 Å². The van der Waals surface area contributed by atoms with E-state index in [-0.39, 0.29) is 6.04 Å². The Morgan fingerprint density at radius 2 is 1.75 bits per heavy atom. The molecule has 88 valence electrons. The number of hydrogen-bond donors (Lipinski definition) is 1. The second-order valence-electron chi connectivity index (χ2n) is 4.90.